The van der Waals surface area contributed by atoms with E-state index in [2.05, 4.69) is 10.6 Å². The molecule has 2 rings (SSSR count). The van der Waals surface area contributed by atoms with Gasteiger partial charge in [-0.2, -0.15) is 0 Å². The minimum Gasteiger partial charge on any atom is -0.481 e. The standard InChI is InChI=1S/C15H22N2O4/c18-13(17-10-7-8-10)6-3-9-16-14(19)11-4-1-2-5-12(11)15(20)21/h1-2,10-12H,3-9H2,(H,16,19)(H,17,18)(H,20,21). The minimum absolute atomic E-state index is 0.0239. The van der Waals surface area contributed by atoms with Gasteiger partial charge < -0.3 is 15.7 Å². The molecular weight excluding hydrogens is 272 g/mol. The maximum atomic E-state index is 12.0. The number of carboxylic acids is 1. The molecule has 0 saturated heterocycles. The summed E-state index contributed by atoms with van der Waals surface area (Å²) < 4.78 is 0. The van der Waals surface area contributed by atoms with Crippen LogP contribution in [0.4, 0.5) is 0 Å². The van der Waals surface area contributed by atoms with Crippen molar-refractivity contribution < 1.29 is 19.5 Å². The summed E-state index contributed by atoms with van der Waals surface area (Å²) in [4.78, 5) is 34.6. The number of nitrogens with one attached hydrogen (secondary N) is 2. The number of hydrogen-bond donors (Lipinski definition) is 3. The van der Waals surface area contributed by atoms with E-state index in [-0.39, 0.29) is 11.8 Å². The Bertz CT molecular complexity index is 443. The number of aliphatic carboxylic acids is 1. The molecule has 116 valence electrons. The smallest absolute Gasteiger partial charge is 0.307 e. The topological polar surface area (TPSA) is 95.5 Å². The molecule has 0 radical (unpaired) electrons. The molecular formula is C15H22N2O4. The van der Waals surface area contributed by atoms with E-state index in [4.69, 9.17) is 5.11 Å². The summed E-state index contributed by atoms with van der Waals surface area (Å²) in [6.45, 7) is 0.406. The number of allylic oxidation sites excluding steroid dienone is 2. The van der Waals surface area contributed by atoms with Gasteiger partial charge >= 0.3 is 5.97 Å². The van der Waals surface area contributed by atoms with Crippen LogP contribution in [0.15, 0.2) is 12.2 Å². The normalized spacial score (nSPS) is 24.4. The third kappa shape index (κ3) is 4.88. The Morgan fingerprint density at radius 1 is 1.10 bits per heavy atom. The van der Waals surface area contributed by atoms with Crippen LogP contribution in [-0.4, -0.2) is 35.5 Å². The molecule has 2 aliphatic rings. The number of amides is 2. The summed E-state index contributed by atoms with van der Waals surface area (Å²) in [5.41, 5.74) is 0. The molecule has 2 atom stereocenters. The Labute approximate surface area is 124 Å². The van der Waals surface area contributed by atoms with Crippen LogP contribution in [0.5, 0.6) is 0 Å². The van der Waals surface area contributed by atoms with Crippen molar-refractivity contribution in [1.29, 1.82) is 0 Å². The molecule has 2 amide bonds. The van der Waals surface area contributed by atoms with Crippen LogP contribution in [0.1, 0.15) is 38.5 Å². The third-order valence-corrected chi connectivity index (χ3v) is 3.91. The summed E-state index contributed by atoms with van der Waals surface area (Å²) in [7, 11) is 0. The summed E-state index contributed by atoms with van der Waals surface area (Å²) in [5.74, 6) is -2.28. The van der Waals surface area contributed by atoms with Crippen LogP contribution < -0.4 is 10.6 Å². The molecule has 0 aromatic heterocycles. The van der Waals surface area contributed by atoms with Gasteiger partial charge in [-0.05, 0) is 32.1 Å². The minimum atomic E-state index is -0.927. The van der Waals surface area contributed by atoms with Crippen molar-refractivity contribution in [1.82, 2.24) is 10.6 Å². The lowest BCUT2D eigenvalue weighted by atomic mass is 9.82. The molecule has 6 heteroatoms. The zero-order valence-electron chi connectivity index (χ0n) is 12.0. The summed E-state index contributed by atoms with van der Waals surface area (Å²) in [5, 5.41) is 14.8. The Hall–Kier alpha value is -1.85. The third-order valence-electron chi connectivity index (χ3n) is 3.91. The first-order chi connectivity index (χ1) is 10.1. The Kier molecular flexibility index (Phi) is 5.36. The van der Waals surface area contributed by atoms with Crippen LogP contribution in [0.25, 0.3) is 0 Å². The number of rotatable bonds is 7. The predicted octanol–water partition coefficient (Wildman–Crippen LogP) is 0.828. The summed E-state index contributed by atoms with van der Waals surface area (Å²) in [6.07, 6.45) is 7.62. The second-order valence-electron chi connectivity index (χ2n) is 5.73. The molecule has 0 aliphatic heterocycles. The first-order valence-electron chi connectivity index (χ1n) is 7.53. The highest BCUT2D eigenvalue weighted by Crippen LogP contribution is 2.26. The van der Waals surface area contributed by atoms with E-state index in [0.717, 1.165) is 12.8 Å². The Morgan fingerprint density at radius 3 is 2.38 bits per heavy atom. The van der Waals surface area contributed by atoms with Gasteiger partial charge in [0.2, 0.25) is 11.8 Å². The number of hydrogen-bond acceptors (Lipinski definition) is 3. The first kappa shape index (κ1) is 15.5. The van der Waals surface area contributed by atoms with Crippen molar-refractivity contribution in [3.8, 4) is 0 Å². The molecule has 0 aromatic carbocycles. The zero-order valence-corrected chi connectivity index (χ0v) is 12.0. The van der Waals surface area contributed by atoms with E-state index < -0.39 is 17.8 Å². The SMILES string of the molecule is O=C(CCCNC(=O)C1CC=CCC1C(=O)O)NC1CC1. The van der Waals surface area contributed by atoms with Gasteiger partial charge in [0.25, 0.3) is 0 Å². The average molecular weight is 294 g/mol. The van der Waals surface area contributed by atoms with Gasteiger partial charge in [0, 0.05) is 19.0 Å². The molecule has 1 saturated carbocycles. The van der Waals surface area contributed by atoms with Crippen molar-refractivity contribution in [2.75, 3.05) is 6.54 Å². The van der Waals surface area contributed by atoms with E-state index >= 15 is 0 Å². The molecule has 2 unspecified atom stereocenters. The maximum absolute atomic E-state index is 12.0. The van der Waals surface area contributed by atoms with Gasteiger partial charge in [-0.1, -0.05) is 12.2 Å². The van der Waals surface area contributed by atoms with E-state index in [9.17, 15) is 14.4 Å². The zero-order chi connectivity index (χ0) is 15.2. The van der Waals surface area contributed by atoms with Gasteiger partial charge in [0.05, 0.1) is 11.8 Å². The fourth-order valence-corrected chi connectivity index (χ4v) is 2.50. The highest BCUT2D eigenvalue weighted by molar-refractivity contribution is 5.85. The van der Waals surface area contributed by atoms with E-state index in [1.165, 1.54) is 0 Å². The summed E-state index contributed by atoms with van der Waals surface area (Å²) >= 11 is 0. The van der Waals surface area contributed by atoms with Gasteiger partial charge in [0.15, 0.2) is 0 Å². The van der Waals surface area contributed by atoms with Crippen molar-refractivity contribution in [3.63, 3.8) is 0 Å². The number of carboxylic acid groups (broad SMARTS) is 1. The van der Waals surface area contributed by atoms with Crippen LogP contribution >= 0.6 is 0 Å². The fraction of sp³-hybridized carbons (Fsp3) is 0.667. The molecule has 21 heavy (non-hydrogen) atoms. The molecule has 2 aliphatic carbocycles. The van der Waals surface area contributed by atoms with Gasteiger partial charge in [-0.25, -0.2) is 0 Å². The lowest BCUT2D eigenvalue weighted by Gasteiger charge is -2.24. The molecule has 0 aromatic rings. The predicted molar refractivity (Wildman–Crippen MR) is 76.4 cm³/mol. The van der Waals surface area contributed by atoms with Crippen LogP contribution in [0.2, 0.25) is 0 Å². The van der Waals surface area contributed by atoms with E-state index in [1.807, 2.05) is 12.2 Å². The molecule has 0 heterocycles. The average Bonchev–Trinajstić information content (AvgIpc) is 3.27. The van der Waals surface area contributed by atoms with Crippen molar-refractivity contribution in [2.45, 2.75) is 44.6 Å². The Balaban J connectivity index is 1.67. The number of carbonyl (C=O) groups is 3. The molecule has 6 nitrogen and oxygen atoms in total. The molecule has 0 bridgehead atoms. The fourth-order valence-electron chi connectivity index (χ4n) is 2.50. The van der Waals surface area contributed by atoms with E-state index in [1.54, 1.807) is 0 Å². The van der Waals surface area contributed by atoms with Crippen LogP contribution in [0, 0.1) is 11.8 Å². The Morgan fingerprint density at radius 2 is 1.76 bits per heavy atom. The quantitative estimate of drug-likeness (QED) is 0.478. The second kappa shape index (κ2) is 7.24. The van der Waals surface area contributed by atoms with Crippen LogP contribution in [0.3, 0.4) is 0 Å². The molecule has 0 spiro atoms. The highest BCUT2D eigenvalue weighted by atomic mass is 16.4. The van der Waals surface area contributed by atoms with Crippen molar-refractivity contribution in [3.05, 3.63) is 12.2 Å². The first-order valence-corrected chi connectivity index (χ1v) is 7.53. The van der Waals surface area contributed by atoms with Gasteiger partial charge in [-0.15, -0.1) is 0 Å². The number of carbonyl (C=O) groups excluding carboxylic acids is 2. The van der Waals surface area contributed by atoms with E-state index in [0.29, 0.717) is 38.3 Å². The largest absolute Gasteiger partial charge is 0.481 e. The van der Waals surface area contributed by atoms with Crippen molar-refractivity contribution in [2.24, 2.45) is 11.8 Å². The van der Waals surface area contributed by atoms with Crippen molar-refractivity contribution >= 4 is 17.8 Å². The monoisotopic (exact) mass is 294 g/mol. The van der Waals surface area contributed by atoms with Crippen LogP contribution in [-0.2, 0) is 14.4 Å². The lowest BCUT2D eigenvalue weighted by molar-refractivity contribution is -0.147. The summed E-state index contributed by atoms with van der Waals surface area (Å²) in [6, 6.07) is 0.359. The molecule has 3 N–H and O–H groups in total. The van der Waals surface area contributed by atoms with Gasteiger partial charge in [0.1, 0.15) is 0 Å². The lowest BCUT2D eigenvalue weighted by Crippen LogP contribution is -2.39. The van der Waals surface area contributed by atoms with Gasteiger partial charge in [-0.3, -0.25) is 14.4 Å². The highest BCUT2D eigenvalue weighted by Gasteiger charge is 2.33. The maximum Gasteiger partial charge on any atom is 0.307 e. The second-order valence-corrected chi connectivity index (χ2v) is 5.73. The molecule has 1 fully saturated rings.